The van der Waals surface area contributed by atoms with Gasteiger partial charge in [0, 0.05) is 25.0 Å². The van der Waals surface area contributed by atoms with Gasteiger partial charge in [0.05, 0.1) is 6.10 Å². The summed E-state index contributed by atoms with van der Waals surface area (Å²) in [6.45, 7) is 4.90. The van der Waals surface area contributed by atoms with Gasteiger partial charge in [0.1, 0.15) is 0 Å². The number of likely N-dealkylation sites (tertiary alicyclic amines) is 1. The molecule has 4 nitrogen and oxygen atoms in total. The van der Waals surface area contributed by atoms with Gasteiger partial charge in [-0.15, -0.1) is 0 Å². The van der Waals surface area contributed by atoms with Crippen molar-refractivity contribution >= 4 is 5.91 Å². The van der Waals surface area contributed by atoms with Crippen LogP contribution in [0.3, 0.4) is 0 Å². The second kappa shape index (κ2) is 4.28. The van der Waals surface area contributed by atoms with Crippen LogP contribution in [0.2, 0.25) is 0 Å². The quantitative estimate of drug-likeness (QED) is 0.664. The number of rotatable bonds is 2. The summed E-state index contributed by atoms with van der Waals surface area (Å²) in [5, 5.41) is 9.40. The molecule has 0 aromatic heterocycles. The number of hydrogen-bond acceptors (Lipinski definition) is 3. The predicted molar refractivity (Wildman–Crippen MR) is 54.7 cm³/mol. The highest BCUT2D eigenvalue weighted by Crippen LogP contribution is 2.13. The van der Waals surface area contributed by atoms with Crippen molar-refractivity contribution in [3.8, 4) is 0 Å². The van der Waals surface area contributed by atoms with Crippen molar-refractivity contribution in [1.82, 2.24) is 4.90 Å². The minimum atomic E-state index is -0.459. The third-order valence-corrected chi connectivity index (χ3v) is 2.36. The SMILES string of the molecule is CC(C)(N)CC(=O)N1CCC[C@H](O)C1. The highest BCUT2D eigenvalue weighted by atomic mass is 16.3. The van der Waals surface area contributed by atoms with E-state index in [1.807, 2.05) is 13.8 Å². The maximum atomic E-state index is 11.7. The number of β-amino-alcohol motifs (C(OH)–C–C–N with tert-alkyl or cyclic N) is 1. The van der Waals surface area contributed by atoms with Gasteiger partial charge in [-0.1, -0.05) is 0 Å². The van der Waals surface area contributed by atoms with Gasteiger partial charge in [0.15, 0.2) is 0 Å². The molecule has 0 aliphatic carbocycles. The van der Waals surface area contributed by atoms with Crippen LogP contribution >= 0.6 is 0 Å². The molecule has 0 radical (unpaired) electrons. The number of piperidine rings is 1. The van der Waals surface area contributed by atoms with E-state index in [-0.39, 0.29) is 12.0 Å². The van der Waals surface area contributed by atoms with Crippen LogP contribution in [-0.2, 0) is 4.79 Å². The van der Waals surface area contributed by atoms with Crippen LogP contribution in [0.15, 0.2) is 0 Å². The van der Waals surface area contributed by atoms with Gasteiger partial charge in [-0.2, -0.15) is 0 Å². The fourth-order valence-corrected chi connectivity index (χ4v) is 1.68. The Morgan fingerprint density at radius 1 is 1.64 bits per heavy atom. The summed E-state index contributed by atoms with van der Waals surface area (Å²) in [6.07, 6.45) is 1.68. The molecular formula is C10H20N2O2. The largest absolute Gasteiger partial charge is 0.391 e. The number of carbonyl (C=O) groups excluding carboxylic acids is 1. The van der Waals surface area contributed by atoms with Crippen LogP contribution in [0.5, 0.6) is 0 Å². The van der Waals surface area contributed by atoms with E-state index in [1.54, 1.807) is 4.90 Å². The van der Waals surface area contributed by atoms with Gasteiger partial charge in [-0.3, -0.25) is 4.79 Å². The first-order chi connectivity index (χ1) is 6.38. The van der Waals surface area contributed by atoms with Crippen LogP contribution in [0.1, 0.15) is 33.1 Å². The maximum absolute atomic E-state index is 11.7. The lowest BCUT2D eigenvalue weighted by atomic mass is 10.00. The van der Waals surface area contributed by atoms with E-state index in [0.717, 1.165) is 19.4 Å². The second-order valence-electron chi connectivity index (χ2n) is 4.80. The Morgan fingerprint density at radius 3 is 2.79 bits per heavy atom. The monoisotopic (exact) mass is 200 g/mol. The molecule has 1 aliphatic heterocycles. The third-order valence-electron chi connectivity index (χ3n) is 2.36. The molecule has 3 N–H and O–H groups in total. The molecule has 14 heavy (non-hydrogen) atoms. The van der Waals surface area contributed by atoms with Gasteiger partial charge >= 0.3 is 0 Å². The summed E-state index contributed by atoms with van der Waals surface area (Å²) in [6, 6.07) is 0. The number of aliphatic hydroxyl groups is 1. The second-order valence-corrected chi connectivity index (χ2v) is 4.80. The van der Waals surface area contributed by atoms with Gasteiger partial charge in [-0.25, -0.2) is 0 Å². The maximum Gasteiger partial charge on any atom is 0.224 e. The molecular weight excluding hydrogens is 180 g/mol. The number of aliphatic hydroxyl groups excluding tert-OH is 1. The standard InChI is InChI=1S/C10H20N2O2/c1-10(2,11)6-9(14)12-5-3-4-8(13)7-12/h8,13H,3-7,11H2,1-2H3/t8-/m0/s1. The molecule has 1 saturated heterocycles. The Labute approximate surface area is 85.1 Å². The normalized spacial score (nSPS) is 23.7. The average Bonchev–Trinajstić information content (AvgIpc) is 2.01. The first-order valence-corrected chi connectivity index (χ1v) is 5.13. The minimum Gasteiger partial charge on any atom is -0.391 e. The Balaban J connectivity index is 2.44. The molecule has 0 aromatic carbocycles. The lowest BCUT2D eigenvalue weighted by Crippen LogP contribution is -2.46. The van der Waals surface area contributed by atoms with Gasteiger partial charge in [0.25, 0.3) is 0 Å². The average molecular weight is 200 g/mol. The molecule has 82 valence electrons. The van der Waals surface area contributed by atoms with Crippen LogP contribution < -0.4 is 5.73 Å². The Hall–Kier alpha value is -0.610. The van der Waals surface area contributed by atoms with E-state index in [2.05, 4.69) is 0 Å². The Morgan fingerprint density at radius 2 is 2.29 bits per heavy atom. The zero-order chi connectivity index (χ0) is 10.8. The van der Waals surface area contributed by atoms with Crippen LogP contribution in [0.25, 0.3) is 0 Å². The summed E-state index contributed by atoms with van der Waals surface area (Å²) < 4.78 is 0. The number of nitrogens with two attached hydrogens (primary N) is 1. The van der Waals surface area contributed by atoms with Crippen molar-refractivity contribution in [2.24, 2.45) is 5.73 Å². The molecule has 0 unspecified atom stereocenters. The molecule has 4 heteroatoms. The molecule has 0 spiro atoms. The summed E-state index contributed by atoms with van der Waals surface area (Å²) in [5.74, 6) is 0.0521. The van der Waals surface area contributed by atoms with Crippen LogP contribution in [0.4, 0.5) is 0 Å². The van der Waals surface area contributed by atoms with E-state index < -0.39 is 5.54 Å². The Bertz CT molecular complexity index is 211. The molecule has 1 atom stereocenters. The van der Waals surface area contributed by atoms with Gasteiger partial charge in [0.2, 0.25) is 5.91 Å². The number of nitrogens with zero attached hydrogens (tertiary/aromatic N) is 1. The predicted octanol–water partition coefficient (Wildman–Crippen LogP) is 0.0971. The lowest BCUT2D eigenvalue weighted by Gasteiger charge is -2.32. The summed E-state index contributed by atoms with van der Waals surface area (Å²) in [4.78, 5) is 13.4. The molecule has 0 aromatic rings. The summed E-state index contributed by atoms with van der Waals surface area (Å²) in [5.41, 5.74) is 5.31. The van der Waals surface area contributed by atoms with Crippen molar-refractivity contribution in [1.29, 1.82) is 0 Å². The Kier molecular flexibility index (Phi) is 3.50. The van der Waals surface area contributed by atoms with Crippen molar-refractivity contribution in [2.75, 3.05) is 13.1 Å². The molecule has 0 bridgehead atoms. The molecule has 1 fully saturated rings. The van der Waals surface area contributed by atoms with Crippen molar-refractivity contribution in [3.63, 3.8) is 0 Å². The van der Waals surface area contributed by atoms with Crippen LogP contribution in [-0.4, -0.2) is 40.6 Å². The van der Waals surface area contributed by atoms with Crippen molar-refractivity contribution in [2.45, 2.75) is 44.8 Å². The van der Waals surface area contributed by atoms with E-state index in [9.17, 15) is 9.90 Å². The third kappa shape index (κ3) is 3.64. The molecule has 1 amide bonds. The first-order valence-electron chi connectivity index (χ1n) is 5.13. The zero-order valence-corrected chi connectivity index (χ0v) is 8.99. The summed E-state index contributed by atoms with van der Waals surface area (Å²) in [7, 11) is 0. The van der Waals surface area contributed by atoms with Gasteiger partial charge < -0.3 is 15.7 Å². The first kappa shape index (κ1) is 11.5. The van der Waals surface area contributed by atoms with Gasteiger partial charge in [-0.05, 0) is 26.7 Å². The number of carbonyl (C=O) groups is 1. The molecule has 1 heterocycles. The number of hydrogen-bond donors (Lipinski definition) is 2. The fraction of sp³-hybridized carbons (Fsp3) is 0.900. The van der Waals surface area contributed by atoms with Crippen molar-refractivity contribution in [3.05, 3.63) is 0 Å². The minimum absolute atomic E-state index is 0.0521. The topological polar surface area (TPSA) is 66.6 Å². The highest BCUT2D eigenvalue weighted by molar-refractivity contribution is 5.77. The smallest absolute Gasteiger partial charge is 0.224 e. The summed E-state index contributed by atoms with van der Waals surface area (Å²) >= 11 is 0. The number of amides is 1. The van der Waals surface area contributed by atoms with E-state index in [1.165, 1.54) is 0 Å². The van der Waals surface area contributed by atoms with E-state index >= 15 is 0 Å². The molecule has 1 rings (SSSR count). The van der Waals surface area contributed by atoms with E-state index in [4.69, 9.17) is 5.73 Å². The van der Waals surface area contributed by atoms with Crippen LogP contribution in [0, 0.1) is 0 Å². The highest BCUT2D eigenvalue weighted by Gasteiger charge is 2.25. The zero-order valence-electron chi connectivity index (χ0n) is 8.99. The molecule has 1 aliphatic rings. The lowest BCUT2D eigenvalue weighted by molar-refractivity contribution is -0.135. The fourth-order valence-electron chi connectivity index (χ4n) is 1.68. The van der Waals surface area contributed by atoms with E-state index in [0.29, 0.717) is 13.0 Å². The molecule has 0 saturated carbocycles. The van der Waals surface area contributed by atoms with Crippen molar-refractivity contribution < 1.29 is 9.90 Å².